The zero-order valence-corrected chi connectivity index (χ0v) is 12.1. The lowest BCUT2D eigenvalue weighted by molar-refractivity contribution is 0.473. The zero-order chi connectivity index (χ0) is 12.4. The molecule has 0 fully saturated rings. The summed E-state index contributed by atoms with van der Waals surface area (Å²) in [5, 5.41) is 0.651. The Kier molecular flexibility index (Phi) is 4.25. The molecule has 0 amide bonds. The number of nitrogens with zero attached hydrogens (tertiary/aromatic N) is 1. The first-order valence-corrected chi connectivity index (χ1v) is 6.96. The quantitative estimate of drug-likeness (QED) is 0.702. The van der Waals surface area contributed by atoms with Crippen molar-refractivity contribution in [1.29, 1.82) is 0 Å². The van der Waals surface area contributed by atoms with E-state index in [1.54, 1.807) is 6.07 Å². The van der Waals surface area contributed by atoms with Gasteiger partial charge in [0.1, 0.15) is 16.7 Å². The van der Waals surface area contributed by atoms with Crippen molar-refractivity contribution in [3.63, 3.8) is 0 Å². The topological polar surface area (TPSA) is 22.1 Å². The molecule has 2 nitrogen and oxygen atoms in total. The van der Waals surface area contributed by atoms with Gasteiger partial charge < -0.3 is 4.74 Å². The van der Waals surface area contributed by atoms with Crippen LogP contribution in [0.2, 0.25) is 5.15 Å². The van der Waals surface area contributed by atoms with Crippen molar-refractivity contribution in [3.05, 3.63) is 38.5 Å². The second-order valence-corrected chi connectivity index (χ2v) is 5.62. The van der Waals surface area contributed by atoms with E-state index in [2.05, 4.69) is 20.9 Å². The van der Waals surface area contributed by atoms with Crippen molar-refractivity contribution in [2.45, 2.75) is 5.88 Å². The number of ether oxygens (including phenoxy) is 1. The molecule has 7 heteroatoms. The molecule has 17 heavy (non-hydrogen) atoms. The predicted octanol–water partition coefficient (Wildman–Crippen LogP) is 5.23. The van der Waals surface area contributed by atoms with E-state index < -0.39 is 5.82 Å². The second-order valence-electron chi connectivity index (χ2n) is 3.03. The Balaban J connectivity index is 2.24. The highest BCUT2D eigenvalue weighted by Crippen LogP contribution is 2.33. The van der Waals surface area contributed by atoms with E-state index in [1.165, 1.54) is 23.5 Å². The maximum absolute atomic E-state index is 13.1. The Morgan fingerprint density at radius 2 is 2.18 bits per heavy atom. The first-order chi connectivity index (χ1) is 8.08. The predicted molar refractivity (Wildman–Crippen MR) is 70.9 cm³/mol. The van der Waals surface area contributed by atoms with E-state index in [4.69, 9.17) is 27.9 Å². The summed E-state index contributed by atoms with van der Waals surface area (Å²) in [5.41, 5.74) is 0. The van der Waals surface area contributed by atoms with Gasteiger partial charge in [-0.25, -0.2) is 4.39 Å². The lowest BCUT2D eigenvalue weighted by atomic mass is 10.3. The normalized spacial score (nSPS) is 10.6. The lowest BCUT2D eigenvalue weighted by Gasteiger charge is -2.02. The molecule has 1 aromatic heterocycles. The highest BCUT2D eigenvalue weighted by atomic mass is 79.9. The van der Waals surface area contributed by atoms with E-state index in [9.17, 15) is 4.39 Å². The number of hydrogen-bond acceptors (Lipinski definition) is 3. The molecule has 90 valence electrons. The molecule has 0 saturated heterocycles. The van der Waals surface area contributed by atoms with Crippen LogP contribution in [0.5, 0.6) is 10.9 Å². The summed E-state index contributed by atoms with van der Waals surface area (Å²) in [7, 11) is 0. The van der Waals surface area contributed by atoms with Crippen LogP contribution in [0.1, 0.15) is 4.88 Å². The van der Waals surface area contributed by atoms with Crippen molar-refractivity contribution >= 4 is 50.5 Å². The van der Waals surface area contributed by atoms with Crippen LogP contribution in [0, 0.1) is 5.82 Å². The van der Waals surface area contributed by atoms with Gasteiger partial charge in [-0.3, -0.25) is 0 Å². The number of alkyl halides is 1. The first-order valence-electron chi connectivity index (χ1n) is 4.43. The molecule has 1 heterocycles. The van der Waals surface area contributed by atoms with Crippen LogP contribution in [0.4, 0.5) is 4.39 Å². The minimum atomic E-state index is -0.394. The van der Waals surface area contributed by atoms with E-state index in [1.807, 2.05) is 0 Å². The van der Waals surface area contributed by atoms with Crippen molar-refractivity contribution < 1.29 is 9.13 Å². The van der Waals surface area contributed by atoms with Gasteiger partial charge in [0.2, 0.25) is 0 Å². The average molecular weight is 357 g/mol. The molecule has 0 spiro atoms. The standard InChI is InChI=1S/C10H5BrCl2FNOS/c11-5-1-6(14)3-7(2-5)16-10-15-9(13)8(4-12)17-10/h1-3H,4H2. The Labute approximate surface area is 119 Å². The summed E-state index contributed by atoms with van der Waals surface area (Å²) < 4.78 is 19.1. The first kappa shape index (κ1) is 13.1. The van der Waals surface area contributed by atoms with Crippen LogP contribution < -0.4 is 4.74 Å². The maximum Gasteiger partial charge on any atom is 0.280 e. The summed E-state index contributed by atoms with van der Waals surface area (Å²) in [6, 6.07) is 4.24. The monoisotopic (exact) mass is 355 g/mol. The highest BCUT2D eigenvalue weighted by Gasteiger charge is 2.10. The third kappa shape index (κ3) is 3.31. The molecule has 0 unspecified atom stereocenters. The molecule has 0 bridgehead atoms. The lowest BCUT2D eigenvalue weighted by Crippen LogP contribution is -1.84. The van der Waals surface area contributed by atoms with Gasteiger partial charge in [-0.1, -0.05) is 38.9 Å². The molecule has 0 saturated carbocycles. The van der Waals surface area contributed by atoms with E-state index >= 15 is 0 Å². The Morgan fingerprint density at radius 1 is 1.41 bits per heavy atom. The van der Waals surface area contributed by atoms with Gasteiger partial charge >= 0.3 is 0 Å². The van der Waals surface area contributed by atoms with Crippen molar-refractivity contribution in [2.75, 3.05) is 0 Å². The number of aromatic nitrogens is 1. The average Bonchev–Trinajstić information content (AvgIpc) is 2.57. The SMILES string of the molecule is Fc1cc(Br)cc(Oc2nc(Cl)c(CCl)s2)c1. The van der Waals surface area contributed by atoms with E-state index in [-0.39, 0.29) is 5.88 Å². The van der Waals surface area contributed by atoms with Gasteiger partial charge in [0, 0.05) is 10.5 Å². The molecule has 0 aliphatic heterocycles. The van der Waals surface area contributed by atoms with Crippen LogP contribution in [0.15, 0.2) is 22.7 Å². The molecule has 0 atom stereocenters. The fourth-order valence-electron chi connectivity index (χ4n) is 1.13. The molecule has 2 aromatic rings. The summed E-state index contributed by atoms with van der Waals surface area (Å²) >= 11 is 15.9. The highest BCUT2D eigenvalue weighted by molar-refractivity contribution is 9.10. The number of halogens is 4. The molecular weight excluding hydrogens is 352 g/mol. The van der Waals surface area contributed by atoms with Gasteiger partial charge in [-0.05, 0) is 12.1 Å². The minimum Gasteiger partial charge on any atom is -0.431 e. The molecule has 0 aliphatic rings. The van der Waals surface area contributed by atoms with Gasteiger partial charge in [0.15, 0.2) is 0 Å². The van der Waals surface area contributed by atoms with Gasteiger partial charge in [-0.15, -0.1) is 11.6 Å². The minimum absolute atomic E-state index is 0.271. The van der Waals surface area contributed by atoms with E-state index in [0.717, 1.165) is 4.88 Å². The van der Waals surface area contributed by atoms with Gasteiger partial charge in [0.25, 0.3) is 5.19 Å². The van der Waals surface area contributed by atoms with Crippen molar-refractivity contribution in [2.24, 2.45) is 0 Å². The molecule has 0 aliphatic carbocycles. The molecule has 1 aromatic carbocycles. The van der Waals surface area contributed by atoms with Gasteiger partial charge in [-0.2, -0.15) is 4.98 Å². The molecular formula is C10H5BrCl2FNOS. The Morgan fingerprint density at radius 3 is 2.76 bits per heavy atom. The third-order valence-electron chi connectivity index (χ3n) is 1.79. The Bertz CT molecular complexity index is 529. The van der Waals surface area contributed by atoms with Crippen molar-refractivity contribution in [1.82, 2.24) is 4.98 Å². The number of hydrogen-bond donors (Lipinski definition) is 0. The second kappa shape index (κ2) is 5.52. The largest absolute Gasteiger partial charge is 0.431 e. The summed E-state index contributed by atoms with van der Waals surface area (Å²) in [4.78, 5) is 4.70. The molecule has 0 N–H and O–H groups in total. The van der Waals surface area contributed by atoms with Gasteiger partial charge in [0.05, 0.1) is 10.8 Å². The van der Waals surface area contributed by atoms with Crippen LogP contribution in [-0.2, 0) is 5.88 Å². The summed E-state index contributed by atoms with van der Waals surface area (Å²) in [5.74, 6) is 0.227. The number of benzene rings is 1. The molecule has 2 rings (SSSR count). The maximum atomic E-state index is 13.1. The molecule has 0 radical (unpaired) electrons. The van der Waals surface area contributed by atoms with Crippen molar-refractivity contribution in [3.8, 4) is 10.9 Å². The number of rotatable bonds is 3. The third-order valence-corrected chi connectivity index (χ3v) is 4.03. The van der Waals surface area contributed by atoms with Crippen LogP contribution in [0.25, 0.3) is 0 Å². The number of thiazole rings is 1. The van der Waals surface area contributed by atoms with E-state index in [0.29, 0.717) is 20.6 Å². The fraction of sp³-hybridized carbons (Fsp3) is 0.100. The van der Waals surface area contributed by atoms with Crippen LogP contribution in [0.3, 0.4) is 0 Å². The fourth-order valence-corrected chi connectivity index (χ4v) is 2.91. The summed E-state index contributed by atoms with van der Waals surface area (Å²) in [6.45, 7) is 0. The Hall–Kier alpha value is -0.360. The summed E-state index contributed by atoms with van der Waals surface area (Å²) in [6.07, 6.45) is 0. The van der Waals surface area contributed by atoms with Crippen LogP contribution >= 0.6 is 50.5 Å². The smallest absolute Gasteiger partial charge is 0.280 e. The zero-order valence-electron chi connectivity index (χ0n) is 8.21. The van der Waals surface area contributed by atoms with Crippen LogP contribution in [-0.4, -0.2) is 4.98 Å².